The number of carbonyl (C=O) groups is 1. The number of rotatable bonds is 12. The number of methoxy groups -OCH3 is 2. The van der Waals surface area contributed by atoms with E-state index in [4.69, 9.17) is 18.9 Å². The third-order valence-electron chi connectivity index (χ3n) is 8.56. The number of alkyl carbamates (subject to hydrolysis) is 1. The van der Waals surface area contributed by atoms with E-state index in [1.54, 1.807) is 14.2 Å². The SMILES string of the molecule is COc1ccc(C(OC[C@H](CO)NC(=O)OCC2c3ccccc3-c3ccccc32)(c2ccccc2)c2ccc(OC)cc2)cc1. The molecule has 0 saturated heterocycles. The third kappa shape index (κ3) is 6.07. The molecule has 0 heterocycles. The Hall–Kier alpha value is -5.11. The smallest absolute Gasteiger partial charge is 0.407 e. The number of aliphatic hydroxyl groups is 1. The van der Waals surface area contributed by atoms with Crippen molar-refractivity contribution in [1.29, 1.82) is 0 Å². The molecule has 1 amide bonds. The molecule has 0 aliphatic heterocycles. The van der Waals surface area contributed by atoms with Crippen molar-refractivity contribution >= 4 is 6.09 Å². The van der Waals surface area contributed by atoms with E-state index in [1.807, 2.05) is 103 Å². The molecule has 0 bridgehead atoms. The van der Waals surface area contributed by atoms with Crippen LogP contribution in [0.5, 0.6) is 11.5 Å². The number of fused-ring (bicyclic) bond motifs is 3. The lowest BCUT2D eigenvalue weighted by Gasteiger charge is -2.37. The number of carbonyl (C=O) groups excluding carboxylic acids is 1. The van der Waals surface area contributed by atoms with E-state index < -0.39 is 17.7 Å². The molecule has 46 heavy (non-hydrogen) atoms. The van der Waals surface area contributed by atoms with Crippen LogP contribution in [0.25, 0.3) is 11.1 Å². The number of aliphatic hydroxyl groups excluding tert-OH is 1. The minimum atomic E-state index is -1.09. The van der Waals surface area contributed by atoms with Crippen LogP contribution in [0, 0.1) is 0 Å². The van der Waals surface area contributed by atoms with Crippen molar-refractivity contribution < 1.29 is 28.8 Å². The second kappa shape index (κ2) is 13.9. The fourth-order valence-electron chi connectivity index (χ4n) is 6.25. The fourth-order valence-corrected chi connectivity index (χ4v) is 6.25. The average Bonchev–Trinajstić information content (AvgIpc) is 3.44. The van der Waals surface area contributed by atoms with Crippen LogP contribution in [0.3, 0.4) is 0 Å². The summed E-state index contributed by atoms with van der Waals surface area (Å²) in [6, 6.07) is 40.9. The molecule has 5 aromatic rings. The van der Waals surface area contributed by atoms with Gasteiger partial charge in [0.25, 0.3) is 0 Å². The van der Waals surface area contributed by atoms with Gasteiger partial charge in [-0.25, -0.2) is 4.79 Å². The van der Waals surface area contributed by atoms with E-state index >= 15 is 0 Å². The predicted molar refractivity (Wildman–Crippen MR) is 177 cm³/mol. The van der Waals surface area contributed by atoms with Gasteiger partial charge in [0.1, 0.15) is 23.7 Å². The first-order valence-corrected chi connectivity index (χ1v) is 15.3. The van der Waals surface area contributed by atoms with Crippen LogP contribution in [-0.2, 0) is 15.1 Å². The molecule has 0 spiro atoms. The molecule has 7 heteroatoms. The third-order valence-corrected chi connectivity index (χ3v) is 8.56. The maximum absolute atomic E-state index is 13.1. The van der Waals surface area contributed by atoms with Gasteiger partial charge in [-0.15, -0.1) is 0 Å². The first-order chi connectivity index (χ1) is 22.6. The zero-order chi connectivity index (χ0) is 31.9. The number of amides is 1. The minimum absolute atomic E-state index is 0.00630. The van der Waals surface area contributed by atoms with Crippen molar-refractivity contribution in [2.45, 2.75) is 17.6 Å². The molecule has 1 atom stereocenters. The van der Waals surface area contributed by atoms with Crippen molar-refractivity contribution in [2.75, 3.05) is 34.0 Å². The fraction of sp³-hybridized carbons (Fsp3) is 0.205. The molecule has 1 aliphatic rings. The molecular formula is C39H37NO6. The second-order valence-electron chi connectivity index (χ2n) is 11.2. The average molecular weight is 616 g/mol. The predicted octanol–water partition coefficient (Wildman–Crippen LogP) is 6.91. The van der Waals surface area contributed by atoms with Crippen molar-refractivity contribution in [3.63, 3.8) is 0 Å². The van der Waals surface area contributed by atoms with Crippen molar-refractivity contribution in [2.24, 2.45) is 0 Å². The van der Waals surface area contributed by atoms with Crippen LogP contribution >= 0.6 is 0 Å². The monoisotopic (exact) mass is 615 g/mol. The van der Waals surface area contributed by atoms with Crippen LogP contribution in [0.4, 0.5) is 4.79 Å². The summed E-state index contributed by atoms with van der Waals surface area (Å²) in [6.45, 7) is -0.182. The summed E-state index contributed by atoms with van der Waals surface area (Å²) in [5, 5.41) is 13.2. The van der Waals surface area contributed by atoms with Crippen molar-refractivity contribution in [3.05, 3.63) is 155 Å². The van der Waals surface area contributed by atoms with E-state index in [9.17, 15) is 9.90 Å². The number of benzene rings is 5. The van der Waals surface area contributed by atoms with Crippen LogP contribution in [-0.4, -0.2) is 51.3 Å². The molecule has 0 fully saturated rings. The zero-order valence-electron chi connectivity index (χ0n) is 25.9. The zero-order valence-corrected chi connectivity index (χ0v) is 25.9. The summed E-state index contributed by atoms with van der Waals surface area (Å²) in [5.41, 5.74) is 6.06. The van der Waals surface area contributed by atoms with Crippen LogP contribution in [0.1, 0.15) is 33.7 Å². The molecule has 0 radical (unpaired) electrons. The Kier molecular flexibility index (Phi) is 9.33. The summed E-state index contributed by atoms with van der Waals surface area (Å²) < 4.78 is 23.5. The maximum Gasteiger partial charge on any atom is 0.407 e. The molecule has 5 aromatic carbocycles. The summed E-state index contributed by atoms with van der Waals surface area (Å²) in [5.74, 6) is 1.36. The number of hydrogen-bond acceptors (Lipinski definition) is 6. The van der Waals surface area contributed by atoms with E-state index in [1.165, 1.54) is 0 Å². The lowest BCUT2D eigenvalue weighted by atomic mass is 9.80. The van der Waals surface area contributed by atoms with Crippen LogP contribution in [0.2, 0.25) is 0 Å². The minimum Gasteiger partial charge on any atom is -0.497 e. The number of nitrogens with one attached hydrogen (secondary N) is 1. The van der Waals surface area contributed by atoms with E-state index in [-0.39, 0.29) is 25.7 Å². The number of hydrogen-bond donors (Lipinski definition) is 2. The summed E-state index contributed by atoms with van der Waals surface area (Å²) in [4.78, 5) is 13.1. The second-order valence-corrected chi connectivity index (χ2v) is 11.2. The van der Waals surface area contributed by atoms with Crippen LogP contribution < -0.4 is 14.8 Å². The highest BCUT2D eigenvalue weighted by molar-refractivity contribution is 5.79. The largest absolute Gasteiger partial charge is 0.497 e. The van der Waals surface area contributed by atoms with Gasteiger partial charge in [-0.1, -0.05) is 103 Å². The number of ether oxygens (including phenoxy) is 4. The van der Waals surface area contributed by atoms with Crippen molar-refractivity contribution in [3.8, 4) is 22.6 Å². The molecule has 6 rings (SSSR count). The molecule has 0 unspecified atom stereocenters. The van der Waals surface area contributed by atoms with Crippen molar-refractivity contribution in [1.82, 2.24) is 5.32 Å². The first kappa shape index (κ1) is 30.9. The van der Waals surface area contributed by atoms with Gasteiger partial charge in [-0.3, -0.25) is 0 Å². The molecule has 2 N–H and O–H groups in total. The van der Waals surface area contributed by atoms with Gasteiger partial charge in [0.15, 0.2) is 0 Å². The lowest BCUT2D eigenvalue weighted by molar-refractivity contribution is -0.00827. The van der Waals surface area contributed by atoms with E-state index in [0.29, 0.717) is 11.5 Å². The van der Waals surface area contributed by atoms with Gasteiger partial charge in [0.2, 0.25) is 0 Å². The molecule has 0 saturated carbocycles. The summed E-state index contributed by atoms with van der Waals surface area (Å²) in [6.07, 6.45) is -0.622. The highest BCUT2D eigenvalue weighted by Gasteiger charge is 2.39. The van der Waals surface area contributed by atoms with Gasteiger partial charge in [-0.05, 0) is 63.2 Å². The molecule has 234 valence electrons. The standard InChI is InChI=1S/C39H37NO6/c1-43-31-20-16-28(17-21-31)39(27-10-4-3-5-11-27,29-18-22-32(44-2)23-19-29)46-25-30(24-41)40-38(42)45-26-37-35-14-8-6-12-33(35)34-13-7-9-15-36(34)37/h3-23,30,37,41H,24-26H2,1-2H3,(H,40,42)/t30-/m0/s1. The lowest BCUT2D eigenvalue weighted by Crippen LogP contribution is -2.44. The normalized spacial score (nSPS) is 12.9. The first-order valence-electron chi connectivity index (χ1n) is 15.3. The summed E-state index contributed by atoms with van der Waals surface area (Å²) in [7, 11) is 3.25. The van der Waals surface area contributed by atoms with Gasteiger partial charge in [0, 0.05) is 5.92 Å². The van der Waals surface area contributed by atoms with Gasteiger partial charge in [-0.2, -0.15) is 0 Å². The molecule has 1 aliphatic carbocycles. The molecule has 0 aromatic heterocycles. The highest BCUT2D eigenvalue weighted by atomic mass is 16.6. The maximum atomic E-state index is 13.1. The Labute approximate surface area is 269 Å². The van der Waals surface area contributed by atoms with Gasteiger partial charge >= 0.3 is 6.09 Å². The van der Waals surface area contributed by atoms with Crippen LogP contribution in [0.15, 0.2) is 127 Å². The Morgan fingerprint density at radius 2 is 1.17 bits per heavy atom. The molecule has 7 nitrogen and oxygen atoms in total. The topological polar surface area (TPSA) is 86.2 Å². The Morgan fingerprint density at radius 3 is 1.67 bits per heavy atom. The van der Waals surface area contributed by atoms with Gasteiger partial charge in [0.05, 0.1) is 33.5 Å². The summed E-state index contributed by atoms with van der Waals surface area (Å²) >= 11 is 0. The Balaban J connectivity index is 1.24. The van der Waals surface area contributed by atoms with Gasteiger partial charge < -0.3 is 29.4 Å². The Morgan fingerprint density at radius 1 is 0.696 bits per heavy atom. The Bertz CT molecular complexity index is 1660. The van der Waals surface area contributed by atoms with E-state index in [0.717, 1.165) is 38.9 Å². The quantitative estimate of drug-likeness (QED) is 0.148. The van der Waals surface area contributed by atoms with E-state index in [2.05, 4.69) is 29.6 Å². The molecular weight excluding hydrogens is 578 g/mol. The highest BCUT2D eigenvalue weighted by Crippen LogP contribution is 2.45.